The number of carboxylic acid groups (broad SMARTS) is 1. The Morgan fingerprint density at radius 3 is 2.62 bits per heavy atom. The van der Waals surface area contributed by atoms with Gasteiger partial charge in [0.25, 0.3) is 0 Å². The summed E-state index contributed by atoms with van der Waals surface area (Å²) in [6, 6.07) is 8.67. The molecule has 7 heteroatoms. The lowest BCUT2D eigenvalue weighted by atomic mass is 10.2. The van der Waals surface area contributed by atoms with Crippen LogP contribution in [0.5, 0.6) is 5.88 Å². The molecule has 2 aromatic rings. The summed E-state index contributed by atoms with van der Waals surface area (Å²) in [6.07, 6.45) is 1.49. The van der Waals surface area contributed by atoms with Crippen molar-refractivity contribution in [2.24, 2.45) is 0 Å². The number of ether oxygens (including phenoxy) is 1. The Bertz CT molecular complexity index is 770. The summed E-state index contributed by atoms with van der Waals surface area (Å²) in [4.78, 5) is 14.9. The van der Waals surface area contributed by atoms with Gasteiger partial charge in [-0.05, 0) is 18.2 Å². The molecule has 110 valence electrons. The van der Waals surface area contributed by atoms with Crippen LogP contribution in [0.4, 0.5) is 0 Å². The third-order valence-corrected chi connectivity index (χ3v) is 4.56. The molecule has 2 rings (SSSR count). The maximum Gasteiger partial charge on any atom is 0.337 e. The molecular weight excluding hydrogens is 294 g/mol. The fourth-order valence-corrected chi connectivity index (χ4v) is 3.48. The molecule has 0 fully saturated rings. The molecule has 0 aliphatic heterocycles. The van der Waals surface area contributed by atoms with Crippen LogP contribution in [0.3, 0.4) is 0 Å². The van der Waals surface area contributed by atoms with Crippen molar-refractivity contribution >= 4 is 15.8 Å². The number of aromatic carboxylic acids is 1. The number of carboxylic acids is 1. The van der Waals surface area contributed by atoms with Crippen molar-refractivity contribution in [3.8, 4) is 5.88 Å². The molecule has 0 bridgehead atoms. The van der Waals surface area contributed by atoms with Crippen LogP contribution in [0.1, 0.15) is 15.9 Å². The Kier molecular flexibility index (Phi) is 4.23. The molecular formula is C14H13NO5S. The molecule has 0 saturated carbocycles. The zero-order valence-electron chi connectivity index (χ0n) is 11.2. The smallest absolute Gasteiger partial charge is 0.337 e. The van der Waals surface area contributed by atoms with E-state index in [2.05, 4.69) is 4.98 Å². The first kappa shape index (κ1) is 15.0. The average molecular weight is 307 g/mol. The third-order valence-electron chi connectivity index (χ3n) is 2.84. The molecule has 0 radical (unpaired) electrons. The third kappa shape index (κ3) is 3.19. The highest BCUT2D eigenvalue weighted by Crippen LogP contribution is 2.24. The number of aromatic nitrogens is 1. The highest BCUT2D eigenvalue weighted by atomic mass is 32.2. The van der Waals surface area contributed by atoms with Gasteiger partial charge in [0, 0.05) is 11.8 Å². The minimum absolute atomic E-state index is 0.203. The summed E-state index contributed by atoms with van der Waals surface area (Å²) in [5.74, 6) is -1.46. The Hall–Kier alpha value is -2.41. The Morgan fingerprint density at radius 2 is 1.95 bits per heavy atom. The number of methoxy groups -OCH3 is 1. The molecule has 0 aliphatic rings. The number of sulfone groups is 1. The van der Waals surface area contributed by atoms with Gasteiger partial charge in [-0.3, -0.25) is 0 Å². The SMILES string of the molecule is COc1ncccc1CS(=O)(=O)c1ccccc1C(=O)O. The molecule has 0 amide bonds. The number of nitrogens with zero attached hydrogens (tertiary/aromatic N) is 1. The number of hydrogen-bond acceptors (Lipinski definition) is 5. The molecule has 1 heterocycles. The minimum Gasteiger partial charge on any atom is -0.481 e. The first-order valence-corrected chi connectivity index (χ1v) is 7.64. The van der Waals surface area contributed by atoms with Crippen molar-refractivity contribution in [2.45, 2.75) is 10.6 Å². The van der Waals surface area contributed by atoms with E-state index in [1.54, 1.807) is 12.1 Å². The van der Waals surface area contributed by atoms with Crippen molar-refractivity contribution in [3.05, 3.63) is 53.7 Å². The Labute approximate surface area is 121 Å². The number of benzene rings is 1. The molecule has 21 heavy (non-hydrogen) atoms. The lowest BCUT2D eigenvalue weighted by molar-refractivity contribution is 0.0692. The Morgan fingerprint density at radius 1 is 1.24 bits per heavy atom. The molecule has 0 aliphatic carbocycles. The molecule has 0 spiro atoms. The topological polar surface area (TPSA) is 93.6 Å². The van der Waals surface area contributed by atoms with Crippen LogP contribution in [0.2, 0.25) is 0 Å². The lowest BCUT2D eigenvalue weighted by Crippen LogP contribution is -2.12. The van der Waals surface area contributed by atoms with Crippen LogP contribution in [0, 0.1) is 0 Å². The number of rotatable bonds is 5. The highest BCUT2D eigenvalue weighted by Gasteiger charge is 2.23. The summed E-state index contributed by atoms with van der Waals surface area (Å²) in [7, 11) is -2.43. The fourth-order valence-electron chi connectivity index (χ4n) is 1.91. The van der Waals surface area contributed by atoms with Crippen molar-refractivity contribution in [3.63, 3.8) is 0 Å². The van der Waals surface area contributed by atoms with E-state index in [9.17, 15) is 13.2 Å². The van der Waals surface area contributed by atoms with E-state index >= 15 is 0 Å². The van der Waals surface area contributed by atoms with Crippen LogP contribution < -0.4 is 4.74 Å². The molecule has 1 aromatic carbocycles. The predicted molar refractivity (Wildman–Crippen MR) is 75.1 cm³/mol. The van der Waals surface area contributed by atoms with Crippen molar-refractivity contribution in [1.82, 2.24) is 4.98 Å². The average Bonchev–Trinajstić information content (AvgIpc) is 2.47. The van der Waals surface area contributed by atoms with Crippen LogP contribution in [0.25, 0.3) is 0 Å². The highest BCUT2D eigenvalue weighted by molar-refractivity contribution is 7.90. The summed E-state index contributed by atoms with van der Waals surface area (Å²) in [6.45, 7) is 0. The van der Waals surface area contributed by atoms with E-state index in [0.29, 0.717) is 5.56 Å². The van der Waals surface area contributed by atoms with Gasteiger partial charge in [-0.15, -0.1) is 0 Å². The van der Waals surface area contributed by atoms with Crippen LogP contribution in [-0.2, 0) is 15.6 Å². The second-order valence-corrected chi connectivity index (χ2v) is 6.19. The first-order valence-electron chi connectivity index (χ1n) is 5.98. The van der Waals surface area contributed by atoms with Gasteiger partial charge in [0.1, 0.15) is 0 Å². The van der Waals surface area contributed by atoms with E-state index in [0.717, 1.165) is 0 Å². The normalized spacial score (nSPS) is 11.1. The quantitative estimate of drug-likeness (QED) is 0.904. The summed E-state index contributed by atoms with van der Waals surface area (Å²) >= 11 is 0. The number of pyridine rings is 1. The van der Waals surface area contributed by atoms with E-state index in [4.69, 9.17) is 9.84 Å². The van der Waals surface area contributed by atoms with Crippen LogP contribution >= 0.6 is 0 Å². The second kappa shape index (κ2) is 5.92. The summed E-state index contributed by atoms with van der Waals surface area (Å²) < 4.78 is 29.9. The molecule has 1 N–H and O–H groups in total. The fraction of sp³-hybridized carbons (Fsp3) is 0.143. The van der Waals surface area contributed by atoms with E-state index in [-0.39, 0.29) is 22.1 Å². The molecule has 0 atom stereocenters. The molecule has 0 unspecified atom stereocenters. The summed E-state index contributed by atoms with van der Waals surface area (Å²) in [5, 5.41) is 9.09. The lowest BCUT2D eigenvalue weighted by Gasteiger charge is -2.09. The van der Waals surface area contributed by atoms with E-state index in [1.165, 1.54) is 37.6 Å². The van der Waals surface area contributed by atoms with Crippen molar-refractivity contribution in [2.75, 3.05) is 7.11 Å². The maximum atomic E-state index is 12.4. The standard InChI is InChI=1S/C14H13NO5S/c1-20-13-10(5-4-8-15-13)9-21(18,19)12-7-3-2-6-11(12)14(16)17/h2-8H,9H2,1H3,(H,16,17). The van der Waals surface area contributed by atoms with Gasteiger partial charge in [0.05, 0.1) is 23.3 Å². The van der Waals surface area contributed by atoms with Gasteiger partial charge in [-0.1, -0.05) is 18.2 Å². The first-order chi connectivity index (χ1) is 9.95. The molecule has 0 saturated heterocycles. The van der Waals surface area contributed by atoms with E-state index < -0.39 is 15.8 Å². The zero-order valence-corrected chi connectivity index (χ0v) is 12.0. The molecule has 1 aromatic heterocycles. The van der Waals surface area contributed by atoms with Gasteiger partial charge in [0.2, 0.25) is 5.88 Å². The predicted octanol–water partition coefficient (Wildman–Crippen LogP) is 1.76. The molecule has 6 nitrogen and oxygen atoms in total. The summed E-state index contributed by atoms with van der Waals surface area (Å²) in [5.41, 5.74) is 0.126. The maximum absolute atomic E-state index is 12.4. The van der Waals surface area contributed by atoms with Gasteiger partial charge in [-0.2, -0.15) is 0 Å². The Balaban J connectivity index is 2.46. The van der Waals surface area contributed by atoms with Crippen LogP contribution in [0.15, 0.2) is 47.5 Å². The van der Waals surface area contributed by atoms with Crippen LogP contribution in [-0.4, -0.2) is 31.6 Å². The second-order valence-electron chi connectivity index (χ2n) is 4.23. The van der Waals surface area contributed by atoms with Crippen molar-refractivity contribution in [1.29, 1.82) is 0 Å². The number of hydrogen-bond donors (Lipinski definition) is 1. The van der Waals surface area contributed by atoms with Gasteiger partial charge < -0.3 is 9.84 Å². The van der Waals surface area contributed by atoms with Crippen molar-refractivity contribution < 1.29 is 23.1 Å². The van der Waals surface area contributed by atoms with Gasteiger partial charge in [-0.25, -0.2) is 18.2 Å². The monoisotopic (exact) mass is 307 g/mol. The van der Waals surface area contributed by atoms with Gasteiger partial charge in [0.15, 0.2) is 9.84 Å². The largest absolute Gasteiger partial charge is 0.481 e. The van der Waals surface area contributed by atoms with E-state index in [1.807, 2.05) is 0 Å². The number of carbonyl (C=O) groups is 1. The van der Waals surface area contributed by atoms with Gasteiger partial charge >= 0.3 is 5.97 Å². The minimum atomic E-state index is -3.82. The zero-order chi connectivity index (χ0) is 15.5.